The third-order valence-corrected chi connectivity index (χ3v) is 12.6. The van der Waals surface area contributed by atoms with Gasteiger partial charge in [0, 0.05) is 27.8 Å². The van der Waals surface area contributed by atoms with E-state index < -0.39 is 23.7 Å². The van der Waals surface area contributed by atoms with Gasteiger partial charge in [-0.2, -0.15) is 0 Å². The molecule has 0 saturated carbocycles. The van der Waals surface area contributed by atoms with E-state index in [4.69, 9.17) is 24.0 Å². The summed E-state index contributed by atoms with van der Waals surface area (Å²) in [4.78, 5) is 10.2. The second kappa shape index (κ2) is 13.4. The van der Waals surface area contributed by atoms with Crippen LogP contribution >= 0.6 is 0 Å². The van der Waals surface area contributed by atoms with Gasteiger partial charge in [-0.05, 0) is 92.0 Å². The average Bonchev–Trinajstić information content (AvgIpc) is 3.65. The predicted octanol–water partition coefficient (Wildman–Crippen LogP) is 11.6. The molecule has 6 heteroatoms. The number of hydrogen-bond acceptors (Lipinski definition) is 5. The summed E-state index contributed by atoms with van der Waals surface area (Å²) in [6, 6.07) is 51.8. The fourth-order valence-corrected chi connectivity index (χ4v) is 8.91. The van der Waals surface area contributed by atoms with E-state index in [1.165, 1.54) is 27.8 Å². The van der Waals surface area contributed by atoms with Crippen LogP contribution in [0, 0.1) is 0 Å². The van der Waals surface area contributed by atoms with Gasteiger partial charge in [-0.15, -0.1) is 0 Å². The fraction of sp³-hybridized carbons (Fsp3) is 0.216. The molecule has 6 aromatic carbocycles. The van der Waals surface area contributed by atoms with Gasteiger partial charge < -0.3 is 14.0 Å². The molecule has 3 aliphatic rings. The quantitative estimate of drug-likeness (QED) is 0.152. The minimum atomic E-state index is -0.610. The molecule has 1 saturated heterocycles. The summed E-state index contributed by atoms with van der Waals surface area (Å²) >= 11 is 0. The summed E-state index contributed by atoms with van der Waals surface area (Å²) < 4.78 is 20.2. The highest BCUT2D eigenvalue weighted by atomic mass is 16.7. The van der Waals surface area contributed by atoms with Crippen molar-refractivity contribution in [3.8, 4) is 56.5 Å². The Labute approximate surface area is 335 Å². The first-order valence-corrected chi connectivity index (χ1v) is 20.2. The van der Waals surface area contributed by atoms with Crippen LogP contribution in [-0.2, 0) is 21.1 Å². The van der Waals surface area contributed by atoms with Gasteiger partial charge in [0.05, 0.1) is 28.0 Å². The molecule has 2 aliphatic heterocycles. The number of benzene rings is 6. The van der Waals surface area contributed by atoms with Gasteiger partial charge in [-0.1, -0.05) is 141 Å². The van der Waals surface area contributed by atoms with Crippen LogP contribution < -0.4 is 10.2 Å². The van der Waals surface area contributed by atoms with Crippen molar-refractivity contribution in [2.75, 3.05) is 0 Å². The maximum Gasteiger partial charge on any atom is 0.494 e. The smallest absolute Gasteiger partial charge is 0.457 e. The molecule has 0 amide bonds. The lowest BCUT2D eigenvalue weighted by atomic mass is 9.65. The third kappa shape index (κ3) is 5.68. The van der Waals surface area contributed by atoms with Crippen LogP contribution in [0.4, 0.5) is 0 Å². The SMILES string of the molecule is CCCCc1ccc2c(c1)Oc1cc(-c3cc(-c4ccccc4)nc(-c4ccccc4)n3)ccc1C21c2ccccc2-c2cc(B3OC(C)(C)C(C)(C)O3)ccc21. The molecule has 3 heterocycles. The van der Waals surface area contributed by atoms with Crippen LogP contribution in [0.1, 0.15) is 75.3 Å². The summed E-state index contributed by atoms with van der Waals surface area (Å²) in [6.45, 7) is 10.7. The van der Waals surface area contributed by atoms with Crippen molar-refractivity contribution in [3.63, 3.8) is 0 Å². The molecule has 0 bridgehead atoms. The molecule has 0 N–H and O–H groups in total. The molecule has 1 aromatic heterocycles. The average molecular weight is 745 g/mol. The fourth-order valence-electron chi connectivity index (χ4n) is 8.91. The zero-order valence-corrected chi connectivity index (χ0v) is 33.2. The second-order valence-corrected chi connectivity index (χ2v) is 16.6. The minimum Gasteiger partial charge on any atom is -0.457 e. The van der Waals surface area contributed by atoms with Crippen molar-refractivity contribution in [1.82, 2.24) is 9.97 Å². The van der Waals surface area contributed by atoms with Gasteiger partial charge in [0.2, 0.25) is 0 Å². The number of nitrogens with zero attached hydrogens (tertiary/aromatic N) is 2. The molecular formula is C51H45BN2O3. The van der Waals surface area contributed by atoms with Crippen molar-refractivity contribution in [1.29, 1.82) is 0 Å². The van der Waals surface area contributed by atoms with Crippen LogP contribution in [0.5, 0.6) is 11.5 Å². The van der Waals surface area contributed by atoms with E-state index >= 15 is 0 Å². The molecule has 10 rings (SSSR count). The van der Waals surface area contributed by atoms with E-state index in [1.807, 2.05) is 36.4 Å². The summed E-state index contributed by atoms with van der Waals surface area (Å²) in [6.07, 6.45) is 3.26. The monoisotopic (exact) mass is 744 g/mol. The molecule has 1 unspecified atom stereocenters. The minimum absolute atomic E-state index is 0.436. The number of aryl methyl sites for hydroxylation is 1. The highest BCUT2D eigenvalue weighted by Gasteiger charge is 2.54. The number of hydrogen-bond donors (Lipinski definition) is 0. The Hall–Kier alpha value is -5.82. The number of fused-ring (bicyclic) bond motifs is 9. The Balaban J connectivity index is 1.18. The predicted molar refractivity (Wildman–Crippen MR) is 230 cm³/mol. The van der Waals surface area contributed by atoms with Crippen molar-refractivity contribution < 1.29 is 14.0 Å². The Bertz CT molecular complexity index is 2600. The van der Waals surface area contributed by atoms with Crippen LogP contribution in [0.3, 0.4) is 0 Å². The molecule has 7 aromatic rings. The van der Waals surface area contributed by atoms with Gasteiger partial charge >= 0.3 is 7.12 Å². The summed E-state index contributed by atoms with van der Waals surface area (Å²) in [7, 11) is -0.462. The lowest BCUT2D eigenvalue weighted by Crippen LogP contribution is -2.41. The lowest BCUT2D eigenvalue weighted by Gasteiger charge is -2.39. The summed E-state index contributed by atoms with van der Waals surface area (Å²) in [5.41, 5.74) is 12.6. The van der Waals surface area contributed by atoms with Crippen LogP contribution in [0.2, 0.25) is 0 Å². The molecule has 1 aliphatic carbocycles. The van der Waals surface area contributed by atoms with Crippen molar-refractivity contribution in [2.45, 2.75) is 70.5 Å². The highest BCUT2D eigenvalue weighted by Crippen LogP contribution is 2.62. The van der Waals surface area contributed by atoms with E-state index in [9.17, 15) is 0 Å². The third-order valence-electron chi connectivity index (χ3n) is 12.6. The molecule has 1 fully saturated rings. The van der Waals surface area contributed by atoms with Gasteiger partial charge in [0.25, 0.3) is 0 Å². The van der Waals surface area contributed by atoms with Gasteiger partial charge in [0.1, 0.15) is 11.5 Å². The molecule has 1 spiro atoms. The normalized spacial score (nSPS) is 18.1. The van der Waals surface area contributed by atoms with Gasteiger partial charge in [0.15, 0.2) is 5.82 Å². The topological polar surface area (TPSA) is 53.5 Å². The summed E-state index contributed by atoms with van der Waals surface area (Å²) in [5.74, 6) is 2.40. The van der Waals surface area contributed by atoms with E-state index in [2.05, 4.69) is 144 Å². The van der Waals surface area contributed by atoms with Gasteiger partial charge in [-0.3, -0.25) is 0 Å². The molecule has 0 radical (unpaired) electrons. The largest absolute Gasteiger partial charge is 0.494 e. The number of ether oxygens (including phenoxy) is 1. The molecule has 280 valence electrons. The van der Waals surface area contributed by atoms with E-state index in [0.717, 1.165) is 75.4 Å². The number of rotatable bonds is 7. The standard InChI is InChI=1S/C51H45BN2O3/c1-6-7-16-33-23-26-42-46(29-33)55-47-30-36(45-32-44(34-17-10-8-11-18-34)53-48(54-45)35-19-12-9-13-20-35)24-27-43(47)51(42)40-22-15-14-21-38(40)39-31-37(25-28-41(39)51)52-56-49(2,3)50(4,5)57-52/h8-15,17-32H,6-7,16H2,1-5H3. The first kappa shape index (κ1) is 35.6. The Morgan fingerprint density at radius 1 is 0.526 bits per heavy atom. The lowest BCUT2D eigenvalue weighted by molar-refractivity contribution is 0.00578. The van der Waals surface area contributed by atoms with Crippen LogP contribution in [0.15, 0.2) is 146 Å². The second-order valence-electron chi connectivity index (χ2n) is 16.6. The zero-order chi connectivity index (χ0) is 38.9. The maximum atomic E-state index is 7.07. The Kier molecular flexibility index (Phi) is 8.37. The van der Waals surface area contributed by atoms with E-state index in [0.29, 0.717) is 5.82 Å². The summed E-state index contributed by atoms with van der Waals surface area (Å²) in [5, 5.41) is 0. The molecule has 1 atom stereocenters. The van der Waals surface area contributed by atoms with Crippen molar-refractivity contribution in [3.05, 3.63) is 173 Å². The molecular weight excluding hydrogens is 699 g/mol. The van der Waals surface area contributed by atoms with E-state index in [-0.39, 0.29) is 0 Å². The zero-order valence-electron chi connectivity index (χ0n) is 33.2. The van der Waals surface area contributed by atoms with Crippen molar-refractivity contribution >= 4 is 12.6 Å². The molecule has 5 nitrogen and oxygen atoms in total. The van der Waals surface area contributed by atoms with Crippen LogP contribution in [-0.4, -0.2) is 28.3 Å². The Morgan fingerprint density at radius 3 is 1.84 bits per heavy atom. The first-order chi connectivity index (χ1) is 27.7. The van der Waals surface area contributed by atoms with E-state index in [1.54, 1.807) is 0 Å². The van der Waals surface area contributed by atoms with Crippen LogP contribution in [0.25, 0.3) is 45.0 Å². The first-order valence-electron chi connectivity index (χ1n) is 20.2. The maximum absolute atomic E-state index is 7.07. The highest BCUT2D eigenvalue weighted by molar-refractivity contribution is 6.62. The number of aromatic nitrogens is 2. The number of unbranched alkanes of at least 4 members (excludes halogenated alkanes) is 1. The Morgan fingerprint density at radius 2 is 1.12 bits per heavy atom. The molecule has 57 heavy (non-hydrogen) atoms. The van der Waals surface area contributed by atoms with Crippen molar-refractivity contribution in [2.24, 2.45) is 0 Å². The van der Waals surface area contributed by atoms with Gasteiger partial charge in [-0.25, -0.2) is 9.97 Å².